The number of thioether (sulfide) groups is 1. The number of nitrogens with zero attached hydrogens (tertiary/aromatic N) is 3. The van der Waals surface area contributed by atoms with Gasteiger partial charge in [0.05, 0.1) is 31.3 Å². The molecular formula is C24H22N4O3S. The zero-order valence-corrected chi connectivity index (χ0v) is 18.5. The molecule has 1 N–H and O–H groups in total. The molecule has 0 unspecified atom stereocenters. The number of benzene rings is 3. The predicted molar refractivity (Wildman–Crippen MR) is 126 cm³/mol. The second-order valence-electron chi connectivity index (χ2n) is 6.73. The van der Waals surface area contributed by atoms with E-state index in [1.807, 2.05) is 60.7 Å². The zero-order chi connectivity index (χ0) is 22.3. The first kappa shape index (κ1) is 21.5. The van der Waals surface area contributed by atoms with Gasteiger partial charge in [-0.25, -0.2) is 9.67 Å². The van der Waals surface area contributed by atoms with Gasteiger partial charge in [0, 0.05) is 11.6 Å². The lowest BCUT2D eigenvalue weighted by Crippen LogP contribution is -2.15. The van der Waals surface area contributed by atoms with Crippen LogP contribution < -0.4 is 14.8 Å². The number of aromatic nitrogens is 3. The lowest BCUT2D eigenvalue weighted by Gasteiger charge is -2.11. The summed E-state index contributed by atoms with van der Waals surface area (Å²) in [6, 6.07) is 24.9. The van der Waals surface area contributed by atoms with E-state index in [1.165, 1.54) is 11.8 Å². The first-order chi connectivity index (χ1) is 15.7. The Morgan fingerprint density at radius 2 is 1.69 bits per heavy atom. The summed E-state index contributed by atoms with van der Waals surface area (Å²) in [5, 5.41) is 8.02. The van der Waals surface area contributed by atoms with Crippen LogP contribution in [0.1, 0.15) is 0 Å². The fraction of sp³-hybridized carbons (Fsp3) is 0.125. The quantitative estimate of drug-likeness (QED) is 0.396. The third-order valence-electron chi connectivity index (χ3n) is 4.63. The summed E-state index contributed by atoms with van der Waals surface area (Å²) in [7, 11) is 3.12. The van der Waals surface area contributed by atoms with Crippen molar-refractivity contribution in [1.82, 2.24) is 14.8 Å². The SMILES string of the molecule is COc1ccc(OC)c(NC(=O)CSc2nc(-c3ccccc3)n(-c3ccccc3)n2)c1. The number of hydrogen-bond acceptors (Lipinski definition) is 6. The van der Waals surface area contributed by atoms with Crippen molar-refractivity contribution >= 4 is 23.4 Å². The summed E-state index contributed by atoms with van der Waals surface area (Å²) in [6.07, 6.45) is 0. The molecular weight excluding hydrogens is 424 g/mol. The van der Waals surface area contributed by atoms with E-state index in [-0.39, 0.29) is 11.7 Å². The molecule has 162 valence electrons. The normalized spacial score (nSPS) is 10.6. The van der Waals surface area contributed by atoms with E-state index in [2.05, 4.69) is 15.4 Å². The lowest BCUT2D eigenvalue weighted by molar-refractivity contribution is -0.113. The van der Waals surface area contributed by atoms with Gasteiger partial charge in [-0.1, -0.05) is 60.3 Å². The van der Waals surface area contributed by atoms with Crippen molar-refractivity contribution in [3.8, 4) is 28.6 Å². The van der Waals surface area contributed by atoms with Crippen LogP contribution in [0.4, 0.5) is 5.69 Å². The molecule has 0 saturated heterocycles. The van der Waals surface area contributed by atoms with Gasteiger partial charge < -0.3 is 14.8 Å². The molecule has 0 fully saturated rings. The molecule has 7 nitrogen and oxygen atoms in total. The highest BCUT2D eigenvalue weighted by Crippen LogP contribution is 2.29. The van der Waals surface area contributed by atoms with Crippen LogP contribution in [0.5, 0.6) is 11.5 Å². The molecule has 0 radical (unpaired) electrons. The average Bonchev–Trinajstić information content (AvgIpc) is 3.28. The Hall–Kier alpha value is -3.78. The molecule has 1 heterocycles. The molecule has 0 aliphatic rings. The number of anilines is 1. The van der Waals surface area contributed by atoms with Crippen molar-refractivity contribution in [3.63, 3.8) is 0 Å². The van der Waals surface area contributed by atoms with Crippen LogP contribution in [0, 0.1) is 0 Å². The molecule has 0 saturated carbocycles. The third kappa shape index (κ3) is 4.92. The largest absolute Gasteiger partial charge is 0.497 e. The van der Waals surface area contributed by atoms with Crippen LogP contribution in [-0.4, -0.2) is 40.6 Å². The van der Waals surface area contributed by atoms with E-state index in [0.717, 1.165) is 11.3 Å². The summed E-state index contributed by atoms with van der Waals surface area (Å²) >= 11 is 1.27. The lowest BCUT2D eigenvalue weighted by atomic mass is 10.2. The smallest absolute Gasteiger partial charge is 0.234 e. The number of methoxy groups -OCH3 is 2. The first-order valence-electron chi connectivity index (χ1n) is 9.90. The molecule has 0 spiro atoms. The van der Waals surface area contributed by atoms with Crippen LogP contribution in [-0.2, 0) is 4.79 Å². The highest BCUT2D eigenvalue weighted by atomic mass is 32.2. The number of carbonyl (C=O) groups is 1. The van der Waals surface area contributed by atoms with Crippen LogP contribution >= 0.6 is 11.8 Å². The fourth-order valence-electron chi connectivity index (χ4n) is 3.11. The number of carbonyl (C=O) groups excluding carboxylic acids is 1. The number of rotatable bonds is 8. The van der Waals surface area contributed by atoms with Crippen LogP contribution in [0.25, 0.3) is 17.1 Å². The number of amides is 1. The Kier molecular flexibility index (Phi) is 6.72. The van der Waals surface area contributed by atoms with Crippen molar-refractivity contribution < 1.29 is 14.3 Å². The molecule has 0 aliphatic heterocycles. The van der Waals surface area contributed by atoms with E-state index in [0.29, 0.717) is 28.2 Å². The summed E-state index contributed by atoms with van der Waals surface area (Å²) < 4.78 is 12.3. The first-order valence-corrected chi connectivity index (χ1v) is 10.9. The van der Waals surface area contributed by atoms with Gasteiger partial charge in [-0.2, -0.15) is 0 Å². The number of nitrogens with one attached hydrogen (secondary N) is 1. The van der Waals surface area contributed by atoms with Gasteiger partial charge in [0.15, 0.2) is 5.82 Å². The molecule has 3 aromatic carbocycles. The van der Waals surface area contributed by atoms with Crippen molar-refractivity contribution in [2.45, 2.75) is 5.16 Å². The minimum atomic E-state index is -0.195. The fourth-order valence-corrected chi connectivity index (χ4v) is 3.73. The monoisotopic (exact) mass is 446 g/mol. The van der Waals surface area contributed by atoms with Gasteiger partial charge in [-0.15, -0.1) is 5.10 Å². The number of para-hydroxylation sites is 1. The highest BCUT2D eigenvalue weighted by Gasteiger charge is 2.16. The van der Waals surface area contributed by atoms with Gasteiger partial charge in [-0.05, 0) is 24.3 Å². The maximum atomic E-state index is 12.6. The Morgan fingerprint density at radius 1 is 0.969 bits per heavy atom. The second-order valence-corrected chi connectivity index (χ2v) is 7.68. The van der Waals surface area contributed by atoms with Gasteiger partial charge in [0.25, 0.3) is 0 Å². The second kappa shape index (κ2) is 10.0. The molecule has 8 heteroatoms. The predicted octanol–water partition coefficient (Wildman–Crippen LogP) is 4.68. The average molecular weight is 447 g/mol. The molecule has 4 aromatic rings. The van der Waals surface area contributed by atoms with Crippen LogP contribution in [0.2, 0.25) is 0 Å². The number of hydrogen-bond donors (Lipinski definition) is 1. The van der Waals surface area contributed by atoms with Crippen molar-refractivity contribution in [2.75, 3.05) is 25.3 Å². The molecule has 1 amide bonds. The summed E-state index contributed by atoms with van der Waals surface area (Å²) in [5.41, 5.74) is 2.39. The minimum Gasteiger partial charge on any atom is -0.497 e. The molecule has 4 rings (SSSR count). The van der Waals surface area contributed by atoms with Gasteiger partial charge in [-0.3, -0.25) is 4.79 Å². The topological polar surface area (TPSA) is 78.3 Å². The maximum absolute atomic E-state index is 12.6. The Balaban J connectivity index is 1.53. The summed E-state index contributed by atoms with van der Waals surface area (Å²) in [5.74, 6) is 1.85. The number of ether oxygens (including phenoxy) is 2. The summed E-state index contributed by atoms with van der Waals surface area (Å²) in [4.78, 5) is 17.3. The highest BCUT2D eigenvalue weighted by molar-refractivity contribution is 7.99. The van der Waals surface area contributed by atoms with Gasteiger partial charge in [0.2, 0.25) is 11.1 Å². The van der Waals surface area contributed by atoms with Gasteiger partial charge in [0.1, 0.15) is 11.5 Å². The van der Waals surface area contributed by atoms with Crippen molar-refractivity contribution in [2.24, 2.45) is 0 Å². The van der Waals surface area contributed by atoms with E-state index in [4.69, 9.17) is 9.47 Å². The molecule has 0 aliphatic carbocycles. The standard InChI is InChI=1S/C24H22N4O3S/c1-30-19-13-14-21(31-2)20(15-19)25-22(29)16-32-24-26-23(17-9-5-3-6-10-17)28(27-24)18-11-7-4-8-12-18/h3-15H,16H2,1-2H3,(H,25,29). The Labute approximate surface area is 190 Å². The van der Waals surface area contributed by atoms with Crippen molar-refractivity contribution in [1.29, 1.82) is 0 Å². The Bertz CT molecular complexity index is 1140. The van der Waals surface area contributed by atoms with Crippen LogP contribution in [0.15, 0.2) is 84.0 Å². The third-order valence-corrected chi connectivity index (χ3v) is 5.47. The Morgan fingerprint density at radius 3 is 2.38 bits per heavy atom. The van der Waals surface area contributed by atoms with E-state index >= 15 is 0 Å². The molecule has 0 bridgehead atoms. The van der Waals surface area contributed by atoms with Gasteiger partial charge >= 0.3 is 0 Å². The van der Waals surface area contributed by atoms with E-state index in [9.17, 15) is 4.79 Å². The van der Waals surface area contributed by atoms with E-state index in [1.54, 1.807) is 37.1 Å². The minimum absolute atomic E-state index is 0.146. The van der Waals surface area contributed by atoms with Crippen LogP contribution in [0.3, 0.4) is 0 Å². The molecule has 1 aromatic heterocycles. The zero-order valence-electron chi connectivity index (χ0n) is 17.7. The molecule has 32 heavy (non-hydrogen) atoms. The van der Waals surface area contributed by atoms with Crippen molar-refractivity contribution in [3.05, 3.63) is 78.9 Å². The summed E-state index contributed by atoms with van der Waals surface area (Å²) in [6.45, 7) is 0. The molecule has 0 atom stereocenters. The maximum Gasteiger partial charge on any atom is 0.234 e. The van der Waals surface area contributed by atoms with E-state index < -0.39 is 0 Å².